The van der Waals surface area contributed by atoms with E-state index in [2.05, 4.69) is 15.2 Å². The maximum Gasteiger partial charge on any atom is 0.244 e. The first kappa shape index (κ1) is 13.9. The Bertz CT molecular complexity index is 385. The molecular weight excluding hydrogens is 234 g/mol. The van der Waals surface area contributed by atoms with E-state index in [0.29, 0.717) is 6.54 Å². The summed E-state index contributed by atoms with van der Waals surface area (Å²) in [5.74, 6) is -0.0607. The highest BCUT2D eigenvalue weighted by atomic mass is 32.1. The maximum absolute atomic E-state index is 11.4. The normalized spacial score (nSPS) is 11.3. The molecule has 0 saturated carbocycles. The van der Waals surface area contributed by atoms with Crippen molar-refractivity contribution in [1.82, 2.24) is 15.2 Å². The van der Waals surface area contributed by atoms with Crippen LogP contribution in [0.1, 0.15) is 17.1 Å². The molecule has 0 saturated heterocycles. The number of aryl methyl sites for hydroxylation is 1. The molecule has 0 aromatic carbocycles. The third-order valence-corrected chi connectivity index (χ3v) is 2.92. The van der Waals surface area contributed by atoms with Gasteiger partial charge in [0.1, 0.15) is 0 Å². The van der Waals surface area contributed by atoms with Crippen LogP contribution in [0.3, 0.4) is 0 Å². The van der Waals surface area contributed by atoms with E-state index >= 15 is 0 Å². The Morgan fingerprint density at radius 1 is 1.59 bits per heavy atom. The molecule has 1 aromatic rings. The van der Waals surface area contributed by atoms with Crippen molar-refractivity contribution in [2.75, 3.05) is 27.2 Å². The Balaban J connectivity index is 2.23. The minimum atomic E-state index is -0.0607. The third kappa shape index (κ3) is 6.19. The minimum Gasteiger partial charge on any atom is -0.353 e. The second-order valence-corrected chi connectivity index (χ2v) is 5.13. The number of hydrogen-bond donors (Lipinski definition) is 1. The van der Waals surface area contributed by atoms with Crippen molar-refractivity contribution in [3.63, 3.8) is 0 Å². The van der Waals surface area contributed by atoms with Crippen molar-refractivity contribution >= 4 is 23.3 Å². The lowest BCUT2D eigenvalue weighted by atomic mass is 10.3. The first-order valence-electron chi connectivity index (χ1n) is 5.60. The highest BCUT2D eigenvalue weighted by Gasteiger charge is 1.97. The summed E-state index contributed by atoms with van der Waals surface area (Å²) in [6, 6.07) is 0. The highest BCUT2D eigenvalue weighted by Crippen LogP contribution is 2.08. The van der Waals surface area contributed by atoms with Crippen LogP contribution in [0.15, 0.2) is 11.5 Å². The van der Waals surface area contributed by atoms with Crippen LogP contribution in [0.5, 0.6) is 0 Å². The summed E-state index contributed by atoms with van der Waals surface area (Å²) in [6.45, 7) is 3.63. The SMILES string of the molecule is Cc1nc(/C=C/C(=O)NCCCN(C)C)cs1. The largest absolute Gasteiger partial charge is 0.353 e. The fraction of sp³-hybridized carbons (Fsp3) is 0.500. The second-order valence-electron chi connectivity index (χ2n) is 4.07. The van der Waals surface area contributed by atoms with E-state index < -0.39 is 0 Å². The fourth-order valence-electron chi connectivity index (χ4n) is 1.28. The molecule has 0 unspecified atom stereocenters. The molecule has 4 nitrogen and oxygen atoms in total. The summed E-state index contributed by atoms with van der Waals surface area (Å²) in [5, 5.41) is 5.78. The number of aromatic nitrogens is 1. The highest BCUT2D eigenvalue weighted by molar-refractivity contribution is 7.09. The van der Waals surface area contributed by atoms with Crippen molar-refractivity contribution in [1.29, 1.82) is 0 Å². The maximum atomic E-state index is 11.4. The van der Waals surface area contributed by atoms with E-state index in [4.69, 9.17) is 0 Å². The summed E-state index contributed by atoms with van der Waals surface area (Å²) in [6.07, 6.45) is 4.23. The van der Waals surface area contributed by atoms with Gasteiger partial charge in [-0.05, 0) is 40.1 Å². The molecule has 1 aromatic heterocycles. The number of carbonyl (C=O) groups is 1. The zero-order chi connectivity index (χ0) is 12.7. The van der Waals surface area contributed by atoms with Crippen molar-refractivity contribution < 1.29 is 4.79 Å². The molecule has 0 aliphatic heterocycles. The second kappa shape index (κ2) is 7.19. The molecule has 0 atom stereocenters. The minimum absolute atomic E-state index is 0.0607. The van der Waals surface area contributed by atoms with Gasteiger partial charge in [0.05, 0.1) is 10.7 Å². The first-order chi connectivity index (χ1) is 8.08. The Hall–Kier alpha value is -1.20. The van der Waals surface area contributed by atoms with Gasteiger partial charge in [-0.25, -0.2) is 4.98 Å². The fourth-order valence-corrected chi connectivity index (χ4v) is 1.86. The average Bonchev–Trinajstić information content (AvgIpc) is 2.67. The van der Waals surface area contributed by atoms with Crippen LogP contribution in [0.2, 0.25) is 0 Å². The van der Waals surface area contributed by atoms with Gasteiger partial charge < -0.3 is 10.2 Å². The van der Waals surface area contributed by atoms with Crippen LogP contribution in [0.4, 0.5) is 0 Å². The van der Waals surface area contributed by atoms with Gasteiger partial charge in [0.2, 0.25) is 5.91 Å². The Morgan fingerprint density at radius 3 is 2.94 bits per heavy atom. The molecule has 1 N–H and O–H groups in total. The standard InChI is InChI=1S/C12H19N3OS/c1-10-14-11(9-17-10)5-6-12(16)13-7-4-8-15(2)3/h5-6,9H,4,7-8H2,1-3H3,(H,13,16)/b6-5+. The van der Waals surface area contributed by atoms with Crippen LogP contribution in [0.25, 0.3) is 6.08 Å². The summed E-state index contributed by atoms with van der Waals surface area (Å²) in [4.78, 5) is 17.8. The van der Waals surface area contributed by atoms with Crippen molar-refractivity contribution in [2.24, 2.45) is 0 Å². The zero-order valence-corrected chi connectivity index (χ0v) is 11.4. The molecule has 5 heteroatoms. The molecule has 0 radical (unpaired) electrons. The quantitative estimate of drug-likeness (QED) is 0.618. The lowest BCUT2D eigenvalue weighted by Crippen LogP contribution is -2.25. The molecule has 0 spiro atoms. The van der Waals surface area contributed by atoms with E-state index in [1.54, 1.807) is 17.4 Å². The van der Waals surface area contributed by atoms with Gasteiger partial charge in [0.15, 0.2) is 0 Å². The molecule has 0 aliphatic rings. The smallest absolute Gasteiger partial charge is 0.244 e. The lowest BCUT2D eigenvalue weighted by Gasteiger charge is -2.08. The molecule has 17 heavy (non-hydrogen) atoms. The third-order valence-electron chi connectivity index (χ3n) is 2.12. The summed E-state index contributed by atoms with van der Waals surface area (Å²) in [5.41, 5.74) is 0.843. The molecule has 0 bridgehead atoms. The Kier molecular flexibility index (Phi) is 5.86. The number of carbonyl (C=O) groups excluding carboxylic acids is 1. The molecule has 0 fully saturated rings. The van der Waals surface area contributed by atoms with E-state index in [0.717, 1.165) is 23.7 Å². The van der Waals surface area contributed by atoms with E-state index in [9.17, 15) is 4.79 Å². The van der Waals surface area contributed by atoms with Crippen molar-refractivity contribution in [3.8, 4) is 0 Å². The van der Waals surface area contributed by atoms with Crippen LogP contribution in [-0.4, -0.2) is 43.0 Å². The van der Waals surface area contributed by atoms with E-state index in [-0.39, 0.29) is 5.91 Å². The Labute approximate surface area is 106 Å². The number of amides is 1. The van der Waals surface area contributed by atoms with Gasteiger partial charge in [0, 0.05) is 18.0 Å². The molecule has 0 aliphatic carbocycles. The summed E-state index contributed by atoms with van der Waals surface area (Å²) in [7, 11) is 4.04. The van der Waals surface area contributed by atoms with Crippen molar-refractivity contribution in [2.45, 2.75) is 13.3 Å². The number of nitrogens with zero attached hydrogens (tertiary/aromatic N) is 2. The van der Waals surface area contributed by atoms with Gasteiger partial charge in [0.25, 0.3) is 0 Å². The van der Waals surface area contributed by atoms with Gasteiger partial charge in [-0.15, -0.1) is 11.3 Å². The predicted octanol–water partition coefficient (Wildman–Crippen LogP) is 1.53. The number of nitrogens with one attached hydrogen (secondary N) is 1. The van der Waals surface area contributed by atoms with E-state index in [1.807, 2.05) is 26.4 Å². The van der Waals surface area contributed by atoms with Gasteiger partial charge in [-0.1, -0.05) is 0 Å². The van der Waals surface area contributed by atoms with Crippen LogP contribution in [0, 0.1) is 6.92 Å². The van der Waals surface area contributed by atoms with Gasteiger partial charge in [-0.2, -0.15) is 0 Å². The number of rotatable bonds is 6. The predicted molar refractivity (Wildman–Crippen MR) is 72.1 cm³/mol. The summed E-state index contributed by atoms with van der Waals surface area (Å²) < 4.78 is 0. The van der Waals surface area contributed by atoms with Gasteiger partial charge >= 0.3 is 0 Å². The number of thiazole rings is 1. The van der Waals surface area contributed by atoms with E-state index in [1.165, 1.54) is 6.08 Å². The van der Waals surface area contributed by atoms with Crippen LogP contribution in [-0.2, 0) is 4.79 Å². The molecule has 94 valence electrons. The van der Waals surface area contributed by atoms with Crippen molar-refractivity contribution in [3.05, 3.63) is 22.2 Å². The lowest BCUT2D eigenvalue weighted by molar-refractivity contribution is -0.116. The molecular formula is C12H19N3OS. The summed E-state index contributed by atoms with van der Waals surface area (Å²) >= 11 is 1.58. The molecule has 1 rings (SSSR count). The van der Waals surface area contributed by atoms with Crippen LogP contribution >= 0.6 is 11.3 Å². The topological polar surface area (TPSA) is 45.2 Å². The van der Waals surface area contributed by atoms with Gasteiger partial charge in [-0.3, -0.25) is 4.79 Å². The first-order valence-corrected chi connectivity index (χ1v) is 6.48. The monoisotopic (exact) mass is 253 g/mol. The molecule has 1 heterocycles. The number of hydrogen-bond acceptors (Lipinski definition) is 4. The average molecular weight is 253 g/mol. The van der Waals surface area contributed by atoms with Crippen LogP contribution < -0.4 is 5.32 Å². The Morgan fingerprint density at radius 2 is 2.35 bits per heavy atom. The molecule has 1 amide bonds. The zero-order valence-electron chi connectivity index (χ0n) is 10.6.